The minimum atomic E-state index is 1.31. The van der Waals surface area contributed by atoms with Crippen molar-refractivity contribution < 1.29 is 5.21 Å². The maximum absolute atomic E-state index is 7.44. The molecule has 0 fully saturated rings. The Balaban J connectivity index is 0.000000217. The fourth-order valence-corrected chi connectivity index (χ4v) is 0.625. The van der Waals surface area contributed by atoms with Gasteiger partial charge in [-0.05, 0) is 31.2 Å². The molecule has 16 heavy (non-hydrogen) atoms. The smallest absolute Gasteiger partial charge is 0.0404 e. The van der Waals surface area contributed by atoms with Crippen molar-refractivity contribution in [1.82, 2.24) is 9.97 Å². The van der Waals surface area contributed by atoms with E-state index in [-0.39, 0.29) is 0 Å². The molecule has 0 aromatic carbocycles. The van der Waals surface area contributed by atoms with Crippen LogP contribution in [0, 0.1) is 0 Å². The van der Waals surface area contributed by atoms with Gasteiger partial charge < -0.3 is 5.21 Å². The Hall–Kier alpha value is -2.23. The summed E-state index contributed by atoms with van der Waals surface area (Å²) in [4.78, 5) is 7.57. The van der Waals surface area contributed by atoms with E-state index in [9.17, 15) is 0 Å². The highest BCUT2D eigenvalue weighted by atomic mass is 16.4. The molecule has 2 heterocycles. The summed E-state index contributed by atoms with van der Waals surface area (Å²) < 4.78 is 0. The Bertz CT molecular complexity index is 249. The molecule has 84 valence electrons. The monoisotopic (exact) mass is 217 g/mol. The number of oxime groups is 1. The highest BCUT2D eigenvalue weighted by Gasteiger charge is 1.59. The van der Waals surface area contributed by atoms with E-state index in [1.54, 1.807) is 31.7 Å². The molecule has 2 aromatic rings. The SMILES string of the molecule is C/C=N/O.c1ccncc1.c1ccncc1. The number of nitrogens with zero attached hydrogens (tertiary/aromatic N) is 3. The van der Waals surface area contributed by atoms with Crippen LogP contribution in [0.25, 0.3) is 0 Å². The van der Waals surface area contributed by atoms with Crippen LogP contribution in [-0.2, 0) is 0 Å². The van der Waals surface area contributed by atoms with Crippen molar-refractivity contribution in [3.63, 3.8) is 0 Å². The van der Waals surface area contributed by atoms with Crippen molar-refractivity contribution in [2.45, 2.75) is 6.92 Å². The first-order valence-corrected chi connectivity index (χ1v) is 4.74. The summed E-state index contributed by atoms with van der Waals surface area (Å²) in [6, 6.07) is 11.4. The van der Waals surface area contributed by atoms with Crippen LogP contribution >= 0.6 is 0 Å². The molecule has 0 saturated carbocycles. The lowest BCUT2D eigenvalue weighted by atomic mass is 10.5. The number of hydrogen-bond acceptors (Lipinski definition) is 4. The Labute approximate surface area is 95.3 Å². The number of pyridine rings is 2. The van der Waals surface area contributed by atoms with Crippen LogP contribution in [0.4, 0.5) is 0 Å². The molecule has 0 aliphatic rings. The van der Waals surface area contributed by atoms with Gasteiger partial charge in [0.15, 0.2) is 0 Å². The lowest BCUT2D eigenvalue weighted by Gasteiger charge is -1.70. The number of hydrogen-bond donors (Lipinski definition) is 1. The van der Waals surface area contributed by atoms with E-state index in [0.29, 0.717) is 0 Å². The zero-order chi connectivity index (χ0) is 11.9. The summed E-state index contributed by atoms with van der Waals surface area (Å²) in [6.07, 6.45) is 8.31. The second-order valence-corrected chi connectivity index (χ2v) is 2.42. The van der Waals surface area contributed by atoms with Crippen molar-refractivity contribution in [2.24, 2.45) is 5.16 Å². The summed E-state index contributed by atoms with van der Waals surface area (Å²) in [5.41, 5.74) is 0. The number of aromatic nitrogens is 2. The van der Waals surface area contributed by atoms with Crippen LogP contribution in [-0.4, -0.2) is 21.4 Å². The van der Waals surface area contributed by atoms with Crippen molar-refractivity contribution in [1.29, 1.82) is 0 Å². The molecule has 4 nitrogen and oxygen atoms in total. The van der Waals surface area contributed by atoms with Crippen molar-refractivity contribution in [2.75, 3.05) is 0 Å². The summed E-state index contributed by atoms with van der Waals surface area (Å²) in [7, 11) is 0. The molecule has 0 bridgehead atoms. The largest absolute Gasteiger partial charge is 0.411 e. The zero-order valence-corrected chi connectivity index (χ0v) is 9.14. The fourth-order valence-electron chi connectivity index (χ4n) is 0.625. The summed E-state index contributed by atoms with van der Waals surface area (Å²) in [6.45, 7) is 1.64. The van der Waals surface area contributed by atoms with Crippen LogP contribution in [0.1, 0.15) is 6.92 Å². The first kappa shape index (κ1) is 13.8. The van der Waals surface area contributed by atoms with Crippen LogP contribution in [0.5, 0.6) is 0 Å². The van der Waals surface area contributed by atoms with E-state index < -0.39 is 0 Å². The Morgan fingerprint density at radius 1 is 0.812 bits per heavy atom. The van der Waals surface area contributed by atoms with Gasteiger partial charge in [-0.15, -0.1) is 5.16 Å². The van der Waals surface area contributed by atoms with E-state index in [0.717, 1.165) is 0 Å². The van der Waals surface area contributed by atoms with E-state index in [1.165, 1.54) is 6.21 Å². The minimum absolute atomic E-state index is 1.31. The molecular weight excluding hydrogens is 202 g/mol. The lowest BCUT2D eigenvalue weighted by Crippen LogP contribution is -1.58. The van der Waals surface area contributed by atoms with Crippen LogP contribution in [0.15, 0.2) is 66.3 Å². The molecule has 2 rings (SSSR count). The molecule has 2 aromatic heterocycles. The van der Waals surface area contributed by atoms with Gasteiger partial charge in [0.1, 0.15) is 0 Å². The lowest BCUT2D eigenvalue weighted by molar-refractivity contribution is 0.321. The molecule has 0 aliphatic heterocycles. The van der Waals surface area contributed by atoms with Gasteiger partial charge in [0.05, 0.1) is 0 Å². The van der Waals surface area contributed by atoms with E-state index in [2.05, 4.69) is 15.1 Å². The standard InChI is InChI=1S/2C5H5N.C2H5NO/c2*1-2-4-6-5-3-1;1-2-3-4/h2*1-5H;2,4H,1H3/b;;3-2+. The molecular formula is C12H15N3O. The zero-order valence-electron chi connectivity index (χ0n) is 9.14. The van der Waals surface area contributed by atoms with Gasteiger partial charge in [-0.25, -0.2) is 0 Å². The Morgan fingerprint density at radius 3 is 1.19 bits per heavy atom. The Kier molecular flexibility index (Phi) is 11.0. The summed E-state index contributed by atoms with van der Waals surface area (Å²) >= 11 is 0. The van der Waals surface area contributed by atoms with Crippen LogP contribution in [0.2, 0.25) is 0 Å². The molecule has 0 radical (unpaired) electrons. The van der Waals surface area contributed by atoms with Crippen molar-refractivity contribution >= 4 is 6.21 Å². The third-order valence-corrected chi connectivity index (χ3v) is 1.25. The quantitative estimate of drug-likeness (QED) is 0.419. The van der Waals surface area contributed by atoms with Gasteiger partial charge in [0.25, 0.3) is 0 Å². The van der Waals surface area contributed by atoms with Crippen LogP contribution < -0.4 is 0 Å². The van der Waals surface area contributed by atoms with Gasteiger partial charge in [0.2, 0.25) is 0 Å². The molecule has 0 unspecified atom stereocenters. The minimum Gasteiger partial charge on any atom is -0.411 e. The normalized spacial score (nSPS) is 8.31. The summed E-state index contributed by atoms with van der Waals surface area (Å²) in [5.74, 6) is 0. The number of rotatable bonds is 0. The topological polar surface area (TPSA) is 58.4 Å². The van der Waals surface area contributed by atoms with Gasteiger partial charge in [-0.2, -0.15) is 0 Å². The third-order valence-electron chi connectivity index (χ3n) is 1.25. The van der Waals surface area contributed by atoms with Gasteiger partial charge >= 0.3 is 0 Å². The first-order valence-electron chi connectivity index (χ1n) is 4.74. The molecule has 0 spiro atoms. The Morgan fingerprint density at radius 2 is 1.12 bits per heavy atom. The fraction of sp³-hybridized carbons (Fsp3) is 0.0833. The molecule has 1 N–H and O–H groups in total. The van der Waals surface area contributed by atoms with Crippen LogP contribution in [0.3, 0.4) is 0 Å². The predicted octanol–water partition coefficient (Wildman–Crippen LogP) is 2.63. The maximum atomic E-state index is 7.44. The maximum Gasteiger partial charge on any atom is 0.0404 e. The van der Waals surface area contributed by atoms with E-state index in [4.69, 9.17) is 5.21 Å². The highest BCUT2D eigenvalue weighted by molar-refractivity contribution is 5.51. The molecule has 4 heteroatoms. The molecule has 0 aliphatic carbocycles. The van der Waals surface area contributed by atoms with Gasteiger partial charge in [-0.3, -0.25) is 9.97 Å². The molecule has 0 saturated heterocycles. The first-order chi connectivity index (χ1) is 7.91. The highest BCUT2D eigenvalue weighted by Crippen LogP contribution is 1.74. The van der Waals surface area contributed by atoms with Crippen molar-refractivity contribution in [3.05, 3.63) is 61.2 Å². The average Bonchev–Trinajstić information content (AvgIpc) is 2.44. The second kappa shape index (κ2) is 12.8. The third kappa shape index (κ3) is 11.8. The van der Waals surface area contributed by atoms with Gasteiger partial charge in [-0.1, -0.05) is 12.1 Å². The van der Waals surface area contributed by atoms with Crippen molar-refractivity contribution in [3.8, 4) is 0 Å². The second-order valence-electron chi connectivity index (χ2n) is 2.42. The average molecular weight is 217 g/mol. The summed E-state index contributed by atoms with van der Waals surface area (Å²) in [5, 5.41) is 10.1. The molecule has 0 amide bonds. The van der Waals surface area contributed by atoms with Gasteiger partial charge in [0, 0.05) is 31.0 Å². The van der Waals surface area contributed by atoms with E-state index in [1.807, 2.05) is 36.4 Å². The van der Waals surface area contributed by atoms with E-state index >= 15 is 0 Å². The molecule has 0 atom stereocenters. The predicted molar refractivity (Wildman–Crippen MR) is 64.4 cm³/mol.